The molecule has 0 rings (SSSR count). The molecular weight excluding hydrogens is 186 g/mol. The molecule has 5 nitrogen and oxygen atoms in total. The first-order valence-corrected chi connectivity index (χ1v) is 4.67. The lowest BCUT2D eigenvalue weighted by molar-refractivity contribution is -0.137. The Bertz CT molecular complexity index is 163. The van der Waals surface area contributed by atoms with Crippen LogP contribution in [0.1, 0.15) is 19.8 Å². The SMILES string of the molecule is COCC(CO)NC(C)CCC(=O)O. The van der Waals surface area contributed by atoms with Crippen molar-refractivity contribution in [2.45, 2.75) is 31.8 Å². The first-order valence-electron chi connectivity index (χ1n) is 4.67. The van der Waals surface area contributed by atoms with E-state index in [0.29, 0.717) is 13.0 Å². The van der Waals surface area contributed by atoms with E-state index in [4.69, 9.17) is 14.9 Å². The number of aliphatic carboxylic acids is 1. The highest BCUT2D eigenvalue weighted by molar-refractivity contribution is 5.66. The van der Waals surface area contributed by atoms with E-state index < -0.39 is 5.97 Å². The number of methoxy groups -OCH3 is 1. The second-order valence-electron chi connectivity index (χ2n) is 3.33. The number of aliphatic hydroxyl groups excluding tert-OH is 1. The Kier molecular flexibility index (Phi) is 7.37. The maximum atomic E-state index is 10.3. The van der Waals surface area contributed by atoms with Crippen LogP contribution in [0, 0.1) is 0 Å². The van der Waals surface area contributed by atoms with Gasteiger partial charge in [-0.25, -0.2) is 0 Å². The Hall–Kier alpha value is -0.650. The van der Waals surface area contributed by atoms with Crippen LogP contribution in [0.5, 0.6) is 0 Å². The van der Waals surface area contributed by atoms with Gasteiger partial charge in [0.15, 0.2) is 0 Å². The fraction of sp³-hybridized carbons (Fsp3) is 0.889. The van der Waals surface area contributed by atoms with Crippen LogP contribution in [0.4, 0.5) is 0 Å². The molecule has 0 aliphatic heterocycles. The van der Waals surface area contributed by atoms with E-state index in [0.717, 1.165) is 0 Å². The van der Waals surface area contributed by atoms with E-state index in [1.54, 1.807) is 7.11 Å². The maximum absolute atomic E-state index is 10.3. The molecule has 0 heterocycles. The highest BCUT2D eigenvalue weighted by Crippen LogP contribution is 1.98. The average Bonchev–Trinajstić information content (AvgIpc) is 2.14. The Morgan fingerprint density at radius 3 is 2.64 bits per heavy atom. The summed E-state index contributed by atoms with van der Waals surface area (Å²) in [7, 11) is 1.56. The second kappa shape index (κ2) is 7.73. The van der Waals surface area contributed by atoms with Gasteiger partial charge < -0.3 is 20.3 Å². The van der Waals surface area contributed by atoms with Gasteiger partial charge in [0.1, 0.15) is 0 Å². The minimum Gasteiger partial charge on any atom is -0.481 e. The molecule has 0 radical (unpaired) electrons. The third-order valence-corrected chi connectivity index (χ3v) is 1.90. The van der Waals surface area contributed by atoms with Crippen molar-refractivity contribution >= 4 is 5.97 Å². The molecule has 0 fully saturated rings. The van der Waals surface area contributed by atoms with Crippen molar-refractivity contribution in [3.8, 4) is 0 Å². The Balaban J connectivity index is 3.66. The summed E-state index contributed by atoms with van der Waals surface area (Å²) in [5.41, 5.74) is 0. The van der Waals surface area contributed by atoms with Crippen LogP contribution >= 0.6 is 0 Å². The summed E-state index contributed by atoms with van der Waals surface area (Å²) in [5, 5.41) is 20.5. The third-order valence-electron chi connectivity index (χ3n) is 1.90. The smallest absolute Gasteiger partial charge is 0.303 e. The number of hydrogen-bond acceptors (Lipinski definition) is 4. The van der Waals surface area contributed by atoms with Crippen LogP contribution < -0.4 is 5.32 Å². The molecule has 0 aromatic rings. The fourth-order valence-electron chi connectivity index (χ4n) is 1.18. The van der Waals surface area contributed by atoms with Crippen molar-refractivity contribution in [1.82, 2.24) is 5.32 Å². The Morgan fingerprint density at radius 1 is 1.57 bits per heavy atom. The lowest BCUT2D eigenvalue weighted by Crippen LogP contribution is -2.42. The molecule has 14 heavy (non-hydrogen) atoms. The van der Waals surface area contributed by atoms with Crippen molar-refractivity contribution in [2.75, 3.05) is 20.3 Å². The molecule has 84 valence electrons. The topological polar surface area (TPSA) is 78.8 Å². The molecule has 2 atom stereocenters. The van der Waals surface area contributed by atoms with Crippen LogP contribution in [-0.4, -0.2) is 48.6 Å². The number of rotatable bonds is 8. The molecule has 0 saturated heterocycles. The Morgan fingerprint density at radius 2 is 2.21 bits per heavy atom. The van der Waals surface area contributed by atoms with Gasteiger partial charge in [-0.2, -0.15) is 0 Å². The van der Waals surface area contributed by atoms with E-state index in [1.807, 2.05) is 6.92 Å². The van der Waals surface area contributed by atoms with Crippen LogP contribution in [0.15, 0.2) is 0 Å². The van der Waals surface area contributed by atoms with Gasteiger partial charge in [0.25, 0.3) is 0 Å². The van der Waals surface area contributed by atoms with E-state index in [9.17, 15) is 4.79 Å². The highest BCUT2D eigenvalue weighted by Gasteiger charge is 2.11. The molecule has 0 amide bonds. The number of carbonyl (C=O) groups is 1. The monoisotopic (exact) mass is 205 g/mol. The third kappa shape index (κ3) is 6.82. The van der Waals surface area contributed by atoms with Crippen LogP contribution in [0.25, 0.3) is 0 Å². The number of hydrogen-bond donors (Lipinski definition) is 3. The standard InChI is InChI=1S/C9H19NO4/c1-7(3-4-9(12)13)10-8(5-11)6-14-2/h7-8,10-11H,3-6H2,1-2H3,(H,12,13). The number of carboxylic acid groups (broad SMARTS) is 1. The van der Waals surface area contributed by atoms with Gasteiger partial charge in [-0.1, -0.05) is 0 Å². The maximum Gasteiger partial charge on any atom is 0.303 e. The molecule has 0 spiro atoms. The fourth-order valence-corrected chi connectivity index (χ4v) is 1.18. The van der Waals surface area contributed by atoms with E-state index >= 15 is 0 Å². The molecule has 0 saturated carbocycles. The zero-order chi connectivity index (χ0) is 11.0. The normalized spacial score (nSPS) is 15.1. The molecule has 5 heteroatoms. The molecule has 2 unspecified atom stereocenters. The first kappa shape index (κ1) is 13.4. The molecule has 0 aliphatic carbocycles. The van der Waals surface area contributed by atoms with Crippen molar-refractivity contribution in [1.29, 1.82) is 0 Å². The molecular formula is C9H19NO4. The number of ether oxygens (including phenoxy) is 1. The summed E-state index contributed by atoms with van der Waals surface area (Å²) in [6.07, 6.45) is 0.689. The number of nitrogens with one attached hydrogen (secondary N) is 1. The average molecular weight is 205 g/mol. The summed E-state index contributed by atoms with van der Waals surface area (Å²) < 4.78 is 4.88. The van der Waals surface area contributed by atoms with Crippen molar-refractivity contribution in [2.24, 2.45) is 0 Å². The summed E-state index contributed by atoms with van der Waals surface area (Å²) >= 11 is 0. The van der Waals surface area contributed by atoms with Gasteiger partial charge in [0, 0.05) is 19.6 Å². The van der Waals surface area contributed by atoms with E-state index in [2.05, 4.69) is 5.32 Å². The van der Waals surface area contributed by atoms with Gasteiger partial charge in [0.05, 0.1) is 19.3 Å². The van der Waals surface area contributed by atoms with Crippen molar-refractivity contribution in [3.05, 3.63) is 0 Å². The molecule has 0 aliphatic rings. The summed E-state index contributed by atoms with van der Waals surface area (Å²) in [6.45, 7) is 2.31. The minimum atomic E-state index is -0.800. The number of aliphatic hydroxyl groups is 1. The lowest BCUT2D eigenvalue weighted by atomic mass is 10.1. The minimum absolute atomic E-state index is 0.00868. The Labute approximate surface area is 84.1 Å². The van der Waals surface area contributed by atoms with Gasteiger partial charge in [-0.3, -0.25) is 4.79 Å². The summed E-state index contributed by atoms with van der Waals surface area (Å²) in [5.74, 6) is -0.800. The van der Waals surface area contributed by atoms with Crippen molar-refractivity contribution < 1.29 is 19.7 Å². The van der Waals surface area contributed by atoms with Gasteiger partial charge >= 0.3 is 5.97 Å². The van der Waals surface area contributed by atoms with Crippen LogP contribution in [-0.2, 0) is 9.53 Å². The second-order valence-corrected chi connectivity index (χ2v) is 3.33. The summed E-state index contributed by atoms with van der Waals surface area (Å²) in [6, 6.07) is -0.0535. The highest BCUT2D eigenvalue weighted by atomic mass is 16.5. The first-order chi connectivity index (χ1) is 6.60. The zero-order valence-electron chi connectivity index (χ0n) is 8.69. The van der Waals surface area contributed by atoms with E-state index in [1.165, 1.54) is 0 Å². The predicted octanol–water partition coefficient (Wildman–Crippen LogP) is -0.163. The molecule has 0 aromatic carbocycles. The predicted molar refractivity (Wildman–Crippen MR) is 52.2 cm³/mol. The lowest BCUT2D eigenvalue weighted by Gasteiger charge is -2.20. The molecule has 3 N–H and O–H groups in total. The van der Waals surface area contributed by atoms with E-state index in [-0.39, 0.29) is 25.1 Å². The molecule has 0 aromatic heterocycles. The van der Waals surface area contributed by atoms with Gasteiger partial charge in [0.2, 0.25) is 0 Å². The van der Waals surface area contributed by atoms with Gasteiger partial charge in [-0.05, 0) is 13.3 Å². The van der Waals surface area contributed by atoms with Gasteiger partial charge in [-0.15, -0.1) is 0 Å². The zero-order valence-corrected chi connectivity index (χ0v) is 8.69. The summed E-state index contributed by atoms with van der Waals surface area (Å²) in [4.78, 5) is 10.3. The van der Waals surface area contributed by atoms with Crippen LogP contribution in [0.3, 0.4) is 0 Å². The molecule has 0 bridgehead atoms. The van der Waals surface area contributed by atoms with Crippen LogP contribution in [0.2, 0.25) is 0 Å². The number of carboxylic acids is 1. The largest absolute Gasteiger partial charge is 0.481 e. The van der Waals surface area contributed by atoms with Crippen molar-refractivity contribution in [3.63, 3.8) is 0 Å². The quantitative estimate of drug-likeness (QED) is 0.513.